The largest absolute Gasteiger partial charge is 0.444 e. The fraction of sp³-hybridized carbons (Fsp3) is 0.455. The van der Waals surface area contributed by atoms with Crippen molar-refractivity contribution in [2.75, 3.05) is 25.0 Å². The van der Waals surface area contributed by atoms with Crippen LogP contribution in [0.15, 0.2) is 24.4 Å². The zero-order valence-corrected chi connectivity index (χ0v) is 18.7. The molecule has 1 unspecified atom stereocenters. The molecule has 1 aromatic carbocycles. The topological polar surface area (TPSA) is 116 Å². The Morgan fingerprint density at radius 2 is 1.91 bits per heavy atom. The number of hydrogen-bond acceptors (Lipinski definition) is 5. The molecule has 9 nitrogen and oxygen atoms in total. The maximum Gasteiger partial charge on any atom is 0.410 e. The Morgan fingerprint density at radius 1 is 1.21 bits per heavy atom. The second-order valence-electron chi connectivity index (χ2n) is 8.85. The first-order chi connectivity index (χ1) is 15.5. The van der Waals surface area contributed by atoms with Gasteiger partial charge in [-0.25, -0.2) is 13.6 Å². The lowest BCUT2D eigenvalue weighted by atomic mass is 9.98. The number of halogens is 2. The lowest BCUT2D eigenvalue weighted by molar-refractivity contribution is 0.0167. The van der Waals surface area contributed by atoms with Gasteiger partial charge in [0, 0.05) is 19.6 Å². The molecular weight excluding hydrogens is 436 g/mol. The minimum absolute atomic E-state index is 0.0146. The van der Waals surface area contributed by atoms with Gasteiger partial charge in [0.2, 0.25) is 0 Å². The van der Waals surface area contributed by atoms with Crippen LogP contribution in [0.25, 0.3) is 0 Å². The molecule has 0 spiro atoms. The number of likely N-dealkylation sites (tertiary alicyclic amines) is 1. The van der Waals surface area contributed by atoms with Crippen LogP contribution in [0.2, 0.25) is 0 Å². The second-order valence-corrected chi connectivity index (χ2v) is 8.85. The maximum absolute atomic E-state index is 13.9. The van der Waals surface area contributed by atoms with Crippen molar-refractivity contribution in [3.63, 3.8) is 0 Å². The van der Waals surface area contributed by atoms with Crippen LogP contribution in [0, 0.1) is 17.6 Å². The molecule has 2 aromatic rings. The van der Waals surface area contributed by atoms with E-state index >= 15 is 0 Å². The molecule has 3 rings (SSSR count). The molecule has 3 N–H and O–H groups in total. The molecule has 0 radical (unpaired) electrons. The molecule has 1 aliphatic heterocycles. The number of rotatable bonds is 5. The van der Waals surface area contributed by atoms with E-state index in [0.717, 1.165) is 31.0 Å². The number of H-pyrrole nitrogens is 1. The van der Waals surface area contributed by atoms with Crippen molar-refractivity contribution in [2.24, 2.45) is 5.92 Å². The summed E-state index contributed by atoms with van der Waals surface area (Å²) >= 11 is 0. The summed E-state index contributed by atoms with van der Waals surface area (Å²) in [6.45, 7) is 6.71. The Bertz CT molecular complexity index is 1010. The van der Waals surface area contributed by atoms with E-state index in [2.05, 4.69) is 20.8 Å². The number of anilines is 1. The van der Waals surface area contributed by atoms with Crippen LogP contribution < -0.4 is 10.6 Å². The minimum Gasteiger partial charge on any atom is -0.444 e. The summed E-state index contributed by atoms with van der Waals surface area (Å²) in [5.74, 6) is -3.61. The Labute approximate surface area is 189 Å². The summed E-state index contributed by atoms with van der Waals surface area (Å²) in [4.78, 5) is 38.9. The molecule has 3 amide bonds. The number of carbonyl (C=O) groups excluding carboxylic acids is 3. The molecule has 1 fully saturated rings. The predicted molar refractivity (Wildman–Crippen MR) is 116 cm³/mol. The average Bonchev–Trinajstić information content (AvgIpc) is 3.19. The number of ether oxygens (including phenoxy) is 1. The highest BCUT2D eigenvalue weighted by Crippen LogP contribution is 2.20. The standard InChI is InChI=1S/C22H27F2N5O4/c1-22(2,3)33-21(32)29-9-5-6-13(12-29)10-25-20(31)18-16(11-26-28-18)27-19(30)17-14(23)7-4-8-15(17)24/h4,7-8,11,13H,5-6,9-10,12H2,1-3H3,(H,25,31)(H,26,28)(H,27,30). The summed E-state index contributed by atoms with van der Waals surface area (Å²) in [6, 6.07) is 3.07. The van der Waals surface area contributed by atoms with Crippen molar-refractivity contribution in [3.05, 3.63) is 47.3 Å². The van der Waals surface area contributed by atoms with Gasteiger partial charge in [0.1, 0.15) is 28.5 Å². The number of aromatic amines is 1. The van der Waals surface area contributed by atoms with Gasteiger partial charge in [-0.2, -0.15) is 5.10 Å². The van der Waals surface area contributed by atoms with Crippen molar-refractivity contribution in [2.45, 2.75) is 39.2 Å². The van der Waals surface area contributed by atoms with Gasteiger partial charge in [0.25, 0.3) is 11.8 Å². The molecule has 0 saturated carbocycles. The third-order valence-electron chi connectivity index (χ3n) is 5.03. The van der Waals surface area contributed by atoms with Gasteiger partial charge in [0.05, 0.1) is 11.9 Å². The van der Waals surface area contributed by atoms with Crippen LogP contribution in [0.3, 0.4) is 0 Å². The van der Waals surface area contributed by atoms with Crippen molar-refractivity contribution >= 4 is 23.6 Å². The first-order valence-electron chi connectivity index (χ1n) is 10.6. The van der Waals surface area contributed by atoms with Gasteiger partial charge >= 0.3 is 6.09 Å². The molecule has 11 heteroatoms. The number of hydrogen-bond donors (Lipinski definition) is 3. The van der Waals surface area contributed by atoms with Gasteiger partial charge in [-0.3, -0.25) is 14.7 Å². The van der Waals surface area contributed by atoms with Crippen molar-refractivity contribution in [1.82, 2.24) is 20.4 Å². The summed E-state index contributed by atoms with van der Waals surface area (Å²) < 4.78 is 33.1. The average molecular weight is 463 g/mol. The molecule has 1 aliphatic rings. The quantitative estimate of drug-likeness (QED) is 0.629. The summed E-state index contributed by atoms with van der Waals surface area (Å²) in [7, 11) is 0. The zero-order valence-electron chi connectivity index (χ0n) is 18.7. The highest BCUT2D eigenvalue weighted by atomic mass is 19.1. The third kappa shape index (κ3) is 6.27. The molecule has 33 heavy (non-hydrogen) atoms. The van der Waals surface area contributed by atoms with Crippen LogP contribution in [-0.4, -0.2) is 58.2 Å². The van der Waals surface area contributed by atoms with Gasteiger partial charge in [-0.1, -0.05) is 6.07 Å². The lowest BCUT2D eigenvalue weighted by Gasteiger charge is -2.34. The van der Waals surface area contributed by atoms with Crippen LogP contribution in [0.1, 0.15) is 54.5 Å². The Kier molecular flexibility index (Phi) is 7.29. The number of amides is 3. The first-order valence-corrected chi connectivity index (χ1v) is 10.6. The molecule has 178 valence electrons. The monoisotopic (exact) mass is 463 g/mol. The molecule has 0 bridgehead atoms. The normalized spacial score (nSPS) is 16.3. The van der Waals surface area contributed by atoms with E-state index in [0.29, 0.717) is 13.1 Å². The number of nitrogens with one attached hydrogen (secondary N) is 3. The van der Waals surface area contributed by atoms with Gasteiger partial charge in [-0.15, -0.1) is 0 Å². The number of benzene rings is 1. The molecule has 1 aromatic heterocycles. The van der Waals surface area contributed by atoms with Gasteiger partial charge in [-0.05, 0) is 51.7 Å². The van der Waals surface area contributed by atoms with E-state index < -0.39 is 40.7 Å². The van der Waals surface area contributed by atoms with E-state index in [1.165, 1.54) is 6.20 Å². The van der Waals surface area contributed by atoms with E-state index in [1.807, 2.05) is 0 Å². The van der Waals surface area contributed by atoms with E-state index in [4.69, 9.17) is 4.74 Å². The molecule has 0 aliphatic carbocycles. The van der Waals surface area contributed by atoms with E-state index in [1.54, 1.807) is 25.7 Å². The summed E-state index contributed by atoms with van der Waals surface area (Å²) in [6.07, 6.45) is 2.38. The molecule has 1 saturated heterocycles. The third-order valence-corrected chi connectivity index (χ3v) is 5.03. The van der Waals surface area contributed by atoms with E-state index in [-0.39, 0.29) is 23.8 Å². The minimum atomic E-state index is -1.04. The van der Waals surface area contributed by atoms with Gasteiger partial charge < -0.3 is 20.3 Å². The maximum atomic E-state index is 13.9. The van der Waals surface area contributed by atoms with Crippen molar-refractivity contribution in [1.29, 1.82) is 0 Å². The molecular formula is C22H27F2N5O4. The second kappa shape index (κ2) is 9.97. The summed E-state index contributed by atoms with van der Waals surface area (Å²) in [5, 5.41) is 11.3. The summed E-state index contributed by atoms with van der Waals surface area (Å²) in [5.41, 5.74) is -1.42. The molecule has 1 atom stereocenters. The predicted octanol–water partition coefficient (Wildman–Crippen LogP) is 3.32. The SMILES string of the molecule is CC(C)(C)OC(=O)N1CCCC(CNC(=O)c2[nH]ncc2NC(=O)c2c(F)cccc2F)C1. The number of nitrogens with zero attached hydrogens (tertiary/aromatic N) is 2. The highest BCUT2D eigenvalue weighted by Gasteiger charge is 2.28. The number of aromatic nitrogens is 2. The van der Waals surface area contributed by atoms with Crippen molar-refractivity contribution in [3.8, 4) is 0 Å². The molecule has 2 heterocycles. The Balaban J connectivity index is 1.58. The fourth-order valence-corrected chi connectivity index (χ4v) is 3.50. The zero-order chi connectivity index (χ0) is 24.2. The van der Waals surface area contributed by atoms with Gasteiger partial charge in [0.15, 0.2) is 0 Å². The lowest BCUT2D eigenvalue weighted by Crippen LogP contribution is -2.45. The smallest absolute Gasteiger partial charge is 0.410 e. The fourth-order valence-electron chi connectivity index (χ4n) is 3.50. The van der Waals surface area contributed by atoms with Crippen LogP contribution in [-0.2, 0) is 4.74 Å². The Hall–Kier alpha value is -3.50. The van der Waals surface area contributed by atoms with Crippen LogP contribution >= 0.6 is 0 Å². The van der Waals surface area contributed by atoms with Crippen LogP contribution in [0.5, 0.6) is 0 Å². The first kappa shape index (κ1) is 24.1. The van der Waals surface area contributed by atoms with Crippen LogP contribution in [0.4, 0.5) is 19.3 Å². The Morgan fingerprint density at radius 3 is 2.58 bits per heavy atom. The number of carbonyl (C=O) groups is 3. The number of piperidine rings is 1. The van der Waals surface area contributed by atoms with E-state index in [9.17, 15) is 23.2 Å². The highest BCUT2D eigenvalue weighted by molar-refractivity contribution is 6.08. The van der Waals surface area contributed by atoms with Crippen molar-refractivity contribution < 1.29 is 27.9 Å².